The Bertz CT molecular complexity index is 1590. The minimum Gasteiger partial charge on any atom is -0.508 e. The molecule has 3 N–H and O–H groups in total. The third kappa shape index (κ3) is 2.95. The standard InChI is InChI=1S/C23H14FN7O/c24-14-4-13(5-15(32)6-14)17-9-26-10-20-21(17)29-23(28-20)22-16-7-18(12-2-1-3-25-8-12)27-11-19(16)30-31-22/h1-11,32H,(H,28,29)(H,30,31). The Labute approximate surface area is 179 Å². The second kappa shape index (κ2) is 6.95. The fourth-order valence-corrected chi connectivity index (χ4v) is 3.76. The van der Waals surface area contributed by atoms with Gasteiger partial charge in [-0.25, -0.2) is 9.37 Å². The Morgan fingerprint density at radius 3 is 2.69 bits per heavy atom. The zero-order chi connectivity index (χ0) is 21.7. The summed E-state index contributed by atoms with van der Waals surface area (Å²) in [6.45, 7) is 0. The monoisotopic (exact) mass is 423 g/mol. The van der Waals surface area contributed by atoms with Crippen molar-refractivity contribution >= 4 is 21.9 Å². The molecule has 32 heavy (non-hydrogen) atoms. The molecule has 154 valence electrons. The lowest BCUT2D eigenvalue weighted by Crippen LogP contribution is -1.86. The highest BCUT2D eigenvalue weighted by atomic mass is 19.1. The Kier molecular flexibility index (Phi) is 3.94. The van der Waals surface area contributed by atoms with Crippen molar-refractivity contribution in [3.63, 3.8) is 0 Å². The second-order valence-corrected chi connectivity index (χ2v) is 7.30. The van der Waals surface area contributed by atoms with Crippen LogP contribution in [0, 0.1) is 5.82 Å². The zero-order valence-corrected chi connectivity index (χ0v) is 16.4. The second-order valence-electron chi connectivity index (χ2n) is 7.30. The van der Waals surface area contributed by atoms with Crippen LogP contribution in [0.3, 0.4) is 0 Å². The molecule has 0 radical (unpaired) electrons. The molecule has 6 aromatic rings. The van der Waals surface area contributed by atoms with E-state index in [0.29, 0.717) is 33.7 Å². The van der Waals surface area contributed by atoms with E-state index in [4.69, 9.17) is 4.98 Å². The molecular formula is C23H14FN7O. The van der Waals surface area contributed by atoms with Gasteiger partial charge in [-0.15, -0.1) is 0 Å². The normalized spacial score (nSPS) is 11.4. The van der Waals surface area contributed by atoms with Crippen molar-refractivity contribution in [1.82, 2.24) is 35.1 Å². The first kappa shape index (κ1) is 18.1. The van der Waals surface area contributed by atoms with Crippen LogP contribution < -0.4 is 0 Å². The summed E-state index contributed by atoms with van der Waals surface area (Å²) in [6.07, 6.45) is 8.42. The van der Waals surface area contributed by atoms with Gasteiger partial charge >= 0.3 is 0 Å². The molecule has 0 aliphatic carbocycles. The van der Waals surface area contributed by atoms with Crippen molar-refractivity contribution in [2.45, 2.75) is 0 Å². The molecule has 0 bridgehead atoms. The number of H-pyrrole nitrogens is 2. The molecule has 0 spiro atoms. The van der Waals surface area contributed by atoms with Gasteiger partial charge in [-0.3, -0.25) is 20.1 Å². The molecule has 0 aliphatic rings. The van der Waals surface area contributed by atoms with Gasteiger partial charge in [0.25, 0.3) is 0 Å². The van der Waals surface area contributed by atoms with E-state index < -0.39 is 5.82 Å². The topological polar surface area (TPSA) is 116 Å². The first-order valence-electron chi connectivity index (χ1n) is 9.74. The summed E-state index contributed by atoms with van der Waals surface area (Å²) in [5.74, 6) is -0.174. The molecule has 0 atom stereocenters. The third-order valence-electron chi connectivity index (χ3n) is 5.22. The lowest BCUT2D eigenvalue weighted by atomic mass is 10.1. The molecule has 0 saturated carbocycles. The Morgan fingerprint density at radius 2 is 1.84 bits per heavy atom. The third-order valence-corrected chi connectivity index (χ3v) is 5.22. The van der Waals surface area contributed by atoms with E-state index in [0.717, 1.165) is 28.2 Å². The van der Waals surface area contributed by atoms with Gasteiger partial charge in [-0.05, 0) is 35.9 Å². The van der Waals surface area contributed by atoms with Crippen LogP contribution in [0.2, 0.25) is 0 Å². The maximum atomic E-state index is 13.9. The molecular weight excluding hydrogens is 409 g/mol. The van der Waals surface area contributed by atoms with Crippen molar-refractivity contribution < 1.29 is 9.50 Å². The number of fused-ring (bicyclic) bond motifs is 2. The predicted octanol–water partition coefficient (Wildman–Crippen LogP) is 4.47. The number of benzene rings is 1. The number of nitrogens with one attached hydrogen (secondary N) is 2. The van der Waals surface area contributed by atoms with Gasteiger partial charge < -0.3 is 10.1 Å². The van der Waals surface area contributed by atoms with Gasteiger partial charge in [0.15, 0.2) is 5.82 Å². The quantitative estimate of drug-likeness (QED) is 0.387. The van der Waals surface area contributed by atoms with Gasteiger partial charge in [0.2, 0.25) is 0 Å². The number of phenolic OH excluding ortho intramolecular Hbond substituents is 1. The van der Waals surface area contributed by atoms with Crippen LogP contribution in [0.5, 0.6) is 5.75 Å². The minimum absolute atomic E-state index is 0.165. The summed E-state index contributed by atoms with van der Waals surface area (Å²) >= 11 is 0. The smallest absolute Gasteiger partial charge is 0.159 e. The van der Waals surface area contributed by atoms with E-state index in [-0.39, 0.29) is 5.75 Å². The first-order valence-corrected chi connectivity index (χ1v) is 9.74. The average molecular weight is 423 g/mol. The first-order chi connectivity index (χ1) is 15.7. The molecule has 0 unspecified atom stereocenters. The SMILES string of the molecule is Oc1cc(F)cc(-c2cncc3[nH]c(-c4n[nH]c5cnc(-c6cccnc6)cc45)nc23)c1. The lowest BCUT2D eigenvalue weighted by molar-refractivity contribution is 0.469. The fraction of sp³-hybridized carbons (Fsp3) is 0. The largest absolute Gasteiger partial charge is 0.508 e. The maximum Gasteiger partial charge on any atom is 0.159 e. The molecule has 6 rings (SSSR count). The number of nitrogens with zero attached hydrogens (tertiary/aromatic N) is 5. The van der Waals surface area contributed by atoms with E-state index in [1.54, 1.807) is 31.0 Å². The summed E-state index contributed by atoms with van der Waals surface area (Å²) in [5, 5.41) is 18.1. The highest BCUT2D eigenvalue weighted by Crippen LogP contribution is 2.33. The summed E-state index contributed by atoms with van der Waals surface area (Å²) in [5.41, 5.74) is 5.38. The van der Waals surface area contributed by atoms with Crippen molar-refractivity contribution in [2.75, 3.05) is 0 Å². The highest BCUT2D eigenvalue weighted by molar-refractivity contribution is 5.97. The molecule has 0 aliphatic heterocycles. The van der Waals surface area contributed by atoms with Crippen LogP contribution in [0.25, 0.3) is 55.8 Å². The van der Waals surface area contributed by atoms with Crippen LogP contribution in [0.15, 0.2) is 67.4 Å². The van der Waals surface area contributed by atoms with Crippen molar-refractivity contribution in [3.05, 3.63) is 73.2 Å². The number of hydrogen-bond donors (Lipinski definition) is 3. The van der Waals surface area contributed by atoms with E-state index in [2.05, 4.69) is 30.1 Å². The van der Waals surface area contributed by atoms with Crippen molar-refractivity contribution in [1.29, 1.82) is 0 Å². The zero-order valence-electron chi connectivity index (χ0n) is 16.4. The van der Waals surface area contributed by atoms with Crippen LogP contribution >= 0.6 is 0 Å². The predicted molar refractivity (Wildman–Crippen MR) is 117 cm³/mol. The van der Waals surface area contributed by atoms with Crippen LogP contribution in [0.1, 0.15) is 0 Å². The molecule has 9 heteroatoms. The molecule has 5 heterocycles. The molecule has 0 fully saturated rings. The number of aromatic nitrogens is 7. The van der Waals surface area contributed by atoms with E-state index >= 15 is 0 Å². The van der Waals surface area contributed by atoms with Crippen molar-refractivity contribution in [2.24, 2.45) is 0 Å². The van der Waals surface area contributed by atoms with Gasteiger partial charge in [0, 0.05) is 41.2 Å². The number of pyridine rings is 3. The molecule has 0 saturated heterocycles. The maximum absolute atomic E-state index is 13.9. The minimum atomic E-state index is -0.540. The lowest BCUT2D eigenvalue weighted by Gasteiger charge is -2.03. The molecule has 5 aromatic heterocycles. The Balaban J connectivity index is 1.52. The number of rotatable bonds is 3. The van der Waals surface area contributed by atoms with E-state index in [1.165, 1.54) is 12.1 Å². The van der Waals surface area contributed by atoms with E-state index in [1.807, 2.05) is 18.2 Å². The molecule has 1 aromatic carbocycles. The number of imidazole rings is 1. The number of phenols is 1. The number of aromatic hydroxyl groups is 1. The van der Waals surface area contributed by atoms with Gasteiger partial charge in [0.05, 0.1) is 34.6 Å². The van der Waals surface area contributed by atoms with Gasteiger partial charge in [-0.1, -0.05) is 0 Å². The Morgan fingerprint density at radius 1 is 0.906 bits per heavy atom. The summed E-state index contributed by atoms with van der Waals surface area (Å²) in [6, 6.07) is 9.59. The van der Waals surface area contributed by atoms with Crippen LogP contribution in [-0.4, -0.2) is 40.2 Å². The summed E-state index contributed by atoms with van der Waals surface area (Å²) in [7, 11) is 0. The number of hydrogen-bond acceptors (Lipinski definition) is 6. The Hall–Kier alpha value is -4.66. The van der Waals surface area contributed by atoms with Crippen molar-refractivity contribution in [3.8, 4) is 39.7 Å². The molecule has 0 amide bonds. The fourth-order valence-electron chi connectivity index (χ4n) is 3.76. The van der Waals surface area contributed by atoms with E-state index in [9.17, 15) is 9.50 Å². The molecule has 8 nitrogen and oxygen atoms in total. The summed E-state index contributed by atoms with van der Waals surface area (Å²) < 4.78 is 13.9. The average Bonchev–Trinajstić information content (AvgIpc) is 3.42. The van der Waals surface area contributed by atoms with Gasteiger partial charge in [-0.2, -0.15) is 5.10 Å². The highest BCUT2D eigenvalue weighted by Gasteiger charge is 2.17. The van der Waals surface area contributed by atoms with Gasteiger partial charge in [0.1, 0.15) is 17.3 Å². The van der Waals surface area contributed by atoms with Crippen LogP contribution in [-0.2, 0) is 0 Å². The van der Waals surface area contributed by atoms with Crippen LogP contribution in [0.4, 0.5) is 4.39 Å². The summed E-state index contributed by atoms with van der Waals surface area (Å²) in [4.78, 5) is 20.9. The number of aromatic amines is 2. The number of halogens is 1.